The summed E-state index contributed by atoms with van der Waals surface area (Å²) in [6.07, 6.45) is 5.75. The summed E-state index contributed by atoms with van der Waals surface area (Å²) in [5.74, 6) is -1.43. The molecule has 0 bridgehead atoms. The highest BCUT2D eigenvalue weighted by atomic mass is 16.4. The molecule has 0 aliphatic heterocycles. The molecule has 0 aliphatic carbocycles. The van der Waals surface area contributed by atoms with Crippen molar-refractivity contribution < 1.29 is 19.5 Å². The molecule has 0 heterocycles. The van der Waals surface area contributed by atoms with Crippen LogP contribution < -0.4 is 11.5 Å². The minimum absolute atomic E-state index is 0.182. The molecule has 0 rings (SSSR count). The molecular weight excluding hydrogens is 248 g/mol. The van der Waals surface area contributed by atoms with E-state index in [0.717, 1.165) is 25.7 Å². The van der Waals surface area contributed by atoms with Gasteiger partial charge in [0.2, 0.25) is 5.91 Å². The summed E-state index contributed by atoms with van der Waals surface area (Å²) in [6, 6.07) is 0. The highest BCUT2D eigenvalue weighted by Gasteiger charge is 2.32. The van der Waals surface area contributed by atoms with Gasteiger partial charge in [-0.15, -0.1) is 0 Å². The third-order valence-electron chi connectivity index (χ3n) is 2.58. The Morgan fingerprint density at radius 3 is 2.00 bits per heavy atom. The van der Waals surface area contributed by atoms with E-state index in [0.29, 0.717) is 19.1 Å². The van der Waals surface area contributed by atoms with Crippen LogP contribution in [0.5, 0.6) is 0 Å². The van der Waals surface area contributed by atoms with Crippen molar-refractivity contribution in [2.45, 2.75) is 64.3 Å². The quantitative estimate of drug-likeness (QED) is 0.331. The molecule has 0 aromatic rings. The van der Waals surface area contributed by atoms with E-state index in [1.807, 2.05) is 6.92 Å². The van der Waals surface area contributed by atoms with Crippen LogP contribution in [0.4, 0.5) is 0 Å². The van der Waals surface area contributed by atoms with Gasteiger partial charge in [-0.3, -0.25) is 4.79 Å². The van der Waals surface area contributed by atoms with Crippen LogP contribution in [0.3, 0.4) is 0 Å². The van der Waals surface area contributed by atoms with Crippen molar-refractivity contribution in [1.29, 1.82) is 0 Å². The topological polar surface area (TPSA) is 123 Å². The number of hydrogen-bond donors (Lipinski definition) is 3. The third-order valence-corrected chi connectivity index (χ3v) is 2.58. The number of hydrogen-bond acceptors (Lipinski definition) is 4. The fourth-order valence-electron chi connectivity index (χ4n) is 1.23. The van der Waals surface area contributed by atoms with Crippen molar-refractivity contribution in [3.05, 3.63) is 0 Å². The molecular formula is C13H26N2O4. The first-order valence-corrected chi connectivity index (χ1v) is 6.60. The molecule has 0 saturated carbocycles. The lowest BCUT2D eigenvalue weighted by Gasteiger charge is -2.16. The molecule has 5 N–H and O–H groups in total. The first kappa shape index (κ1) is 19.9. The number of unbranched alkanes of at least 4 members (excludes halogenated alkanes) is 3. The number of carbonyl (C=O) groups excluding carboxylic acids is 2. The molecule has 0 radical (unpaired) electrons. The van der Waals surface area contributed by atoms with Gasteiger partial charge in [-0.05, 0) is 12.8 Å². The van der Waals surface area contributed by atoms with Crippen LogP contribution in [-0.4, -0.2) is 28.8 Å². The molecule has 0 aliphatic rings. The van der Waals surface area contributed by atoms with Gasteiger partial charge >= 0.3 is 5.97 Å². The predicted octanol–water partition coefficient (Wildman–Crippen LogP) is 1.21. The lowest BCUT2D eigenvalue weighted by molar-refractivity contribution is -0.145. The van der Waals surface area contributed by atoms with Gasteiger partial charge in [0.25, 0.3) is 0 Å². The van der Waals surface area contributed by atoms with Crippen LogP contribution >= 0.6 is 0 Å². The zero-order valence-electron chi connectivity index (χ0n) is 11.9. The maximum absolute atomic E-state index is 10.4. The van der Waals surface area contributed by atoms with E-state index in [1.165, 1.54) is 0 Å². The fraction of sp³-hybridized carbons (Fsp3) is 0.769. The van der Waals surface area contributed by atoms with Gasteiger partial charge in [0, 0.05) is 6.42 Å². The van der Waals surface area contributed by atoms with Crippen LogP contribution in [0.25, 0.3) is 0 Å². The molecule has 6 nitrogen and oxygen atoms in total. The van der Waals surface area contributed by atoms with Crippen LogP contribution in [0.15, 0.2) is 0 Å². The smallest absolute Gasteiger partial charge is 0.331 e. The Morgan fingerprint density at radius 2 is 1.68 bits per heavy atom. The van der Waals surface area contributed by atoms with Gasteiger partial charge in [-0.1, -0.05) is 39.5 Å². The largest absolute Gasteiger partial charge is 0.480 e. The number of rotatable bonds is 9. The number of nitrogens with two attached hydrogens (primary N) is 2. The van der Waals surface area contributed by atoms with E-state index >= 15 is 0 Å². The number of carbonyl (C=O) groups is 3. The molecule has 0 fully saturated rings. The summed E-state index contributed by atoms with van der Waals surface area (Å²) in [5, 5.41) is 8.50. The average molecular weight is 274 g/mol. The minimum atomic E-state index is -1.67. The SMILES string of the molecule is CCCCC(N)(C=O)C(=O)O.CCCCCC(N)=O. The summed E-state index contributed by atoms with van der Waals surface area (Å²) in [6.45, 7) is 4.01. The molecule has 6 heteroatoms. The van der Waals surface area contributed by atoms with E-state index in [9.17, 15) is 14.4 Å². The molecule has 0 spiro atoms. The predicted molar refractivity (Wildman–Crippen MR) is 73.5 cm³/mol. The maximum Gasteiger partial charge on any atom is 0.331 e. The van der Waals surface area contributed by atoms with Crippen molar-refractivity contribution in [3.63, 3.8) is 0 Å². The maximum atomic E-state index is 10.4. The summed E-state index contributed by atoms with van der Waals surface area (Å²) >= 11 is 0. The monoisotopic (exact) mass is 274 g/mol. The van der Waals surface area contributed by atoms with Crippen molar-refractivity contribution >= 4 is 18.2 Å². The molecule has 1 amide bonds. The molecule has 1 atom stereocenters. The number of amides is 1. The standard InChI is InChI=1S/C7H13NO3.C6H13NO/c1-2-3-4-7(8,5-9)6(10)11;1-2-3-4-5-6(7)8/h5H,2-4,8H2,1H3,(H,10,11);2-5H2,1H3,(H2,7,8). The van der Waals surface area contributed by atoms with Gasteiger partial charge in [-0.2, -0.15) is 0 Å². The Kier molecular flexibility index (Phi) is 12.2. The van der Waals surface area contributed by atoms with Gasteiger partial charge in [0.05, 0.1) is 0 Å². The van der Waals surface area contributed by atoms with E-state index in [2.05, 4.69) is 6.92 Å². The van der Waals surface area contributed by atoms with Crippen LogP contribution in [0, 0.1) is 0 Å². The van der Waals surface area contributed by atoms with E-state index in [1.54, 1.807) is 0 Å². The lowest BCUT2D eigenvalue weighted by Crippen LogP contribution is -2.49. The molecule has 1 unspecified atom stereocenters. The van der Waals surface area contributed by atoms with Crippen LogP contribution in [0.1, 0.15) is 58.8 Å². The summed E-state index contributed by atoms with van der Waals surface area (Å²) in [4.78, 5) is 30.8. The Labute approximate surface area is 114 Å². The Balaban J connectivity index is 0. The van der Waals surface area contributed by atoms with Crippen LogP contribution in [0.2, 0.25) is 0 Å². The molecule has 112 valence electrons. The number of carboxylic acid groups (broad SMARTS) is 1. The van der Waals surface area contributed by atoms with Gasteiger partial charge in [0.1, 0.15) is 0 Å². The van der Waals surface area contributed by atoms with E-state index in [4.69, 9.17) is 16.6 Å². The Morgan fingerprint density at radius 1 is 1.16 bits per heavy atom. The number of carboxylic acids is 1. The molecule has 0 aromatic heterocycles. The first-order chi connectivity index (χ1) is 8.83. The van der Waals surface area contributed by atoms with E-state index < -0.39 is 11.5 Å². The number of aliphatic carboxylic acids is 1. The van der Waals surface area contributed by atoms with Gasteiger partial charge in [-0.25, -0.2) is 4.79 Å². The summed E-state index contributed by atoms with van der Waals surface area (Å²) in [7, 11) is 0. The van der Waals surface area contributed by atoms with Crippen molar-refractivity contribution in [2.75, 3.05) is 0 Å². The second-order valence-corrected chi connectivity index (χ2v) is 4.49. The van der Waals surface area contributed by atoms with Crippen LogP contribution in [-0.2, 0) is 14.4 Å². The molecule has 0 saturated heterocycles. The van der Waals surface area contributed by atoms with Crippen molar-refractivity contribution in [2.24, 2.45) is 11.5 Å². The van der Waals surface area contributed by atoms with Gasteiger partial charge < -0.3 is 21.4 Å². The molecule has 19 heavy (non-hydrogen) atoms. The van der Waals surface area contributed by atoms with E-state index in [-0.39, 0.29) is 12.3 Å². The fourth-order valence-corrected chi connectivity index (χ4v) is 1.23. The van der Waals surface area contributed by atoms with Crippen molar-refractivity contribution in [1.82, 2.24) is 0 Å². The summed E-state index contributed by atoms with van der Waals surface area (Å²) < 4.78 is 0. The lowest BCUT2D eigenvalue weighted by atomic mass is 9.96. The third kappa shape index (κ3) is 11.4. The second-order valence-electron chi connectivity index (χ2n) is 4.49. The highest BCUT2D eigenvalue weighted by molar-refractivity contribution is 5.96. The number of aldehydes is 1. The molecule has 0 aromatic carbocycles. The highest BCUT2D eigenvalue weighted by Crippen LogP contribution is 2.08. The van der Waals surface area contributed by atoms with Crippen molar-refractivity contribution in [3.8, 4) is 0 Å². The minimum Gasteiger partial charge on any atom is -0.480 e. The number of primary amides is 1. The zero-order chi connectivity index (χ0) is 15.3. The Hall–Kier alpha value is -1.43. The Bertz CT molecular complexity index is 282. The normalized spacial score (nSPS) is 12.8. The zero-order valence-corrected chi connectivity index (χ0v) is 11.9. The van der Waals surface area contributed by atoms with Gasteiger partial charge in [0.15, 0.2) is 11.8 Å². The summed E-state index contributed by atoms with van der Waals surface area (Å²) in [5.41, 5.74) is 8.48. The second kappa shape index (κ2) is 11.6. The first-order valence-electron chi connectivity index (χ1n) is 6.60. The average Bonchev–Trinajstić information content (AvgIpc) is 2.36.